The Hall–Kier alpha value is -2.98. The third-order valence-corrected chi connectivity index (χ3v) is 5.51. The second kappa shape index (κ2) is 9.11. The maximum absolute atomic E-state index is 13.1. The highest BCUT2D eigenvalue weighted by Crippen LogP contribution is 2.39. The van der Waals surface area contributed by atoms with Gasteiger partial charge in [0.25, 0.3) is 0 Å². The number of nitrogens with one attached hydrogen (secondary N) is 1. The minimum atomic E-state index is -4.97. The van der Waals surface area contributed by atoms with Crippen LogP contribution in [0.2, 0.25) is 0 Å². The Labute approximate surface area is 185 Å². The highest BCUT2D eigenvalue weighted by molar-refractivity contribution is 5.90. The van der Waals surface area contributed by atoms with Gasteiger partial charge in [-0.3, -0.25) is 4.79 Å². The molecule has 0 aliphatic heterocycles. The van der Waals surface area contributed by atoms with Gasteiger partial charge in [0.15, 0.2) is 5.43 Å². The SMILES string of the molecule is Cc1[nH]c(C)c(CO/N=C2\CCCC2Oc2cc(C(F)(F)F)cc(C(F)(F)F)c2)c(=O)c1C. The van der Waals surface area contributed by atoms with Gasteiger partial charge in [0.05, 0.1) is 22.4 Å². The molecule has 1 N–H and O–H groups in total. The minimum Gasteiger partial charge on any atom is -0.484 e. The summed E-state index contributed by atoms with van der Waals surface area (Å²) >= 11 is 0. The molecular weight excluding hydrogens is 454 g/mol. The molecule has 1 saturated carbocycles. The Morgan fingerprint density at radius 3 is 2.18 bits per heavy atom. The molecule has 1 aromatic heterocycles. The van der Waals surface area contributed by atoms with Crippen LogP contribution in [-0.4, -0.2) is 16.8 Å². The van der Waals surface area contributed by atoms with E-state index in [2.05, 4.69) is 10.1 Å². The average molecular weight is 476 g/mol. The van der Waals surface area contributed by atoms with E-state index in [4.69, 9.17) is 9.57 Å². The van der Waals surface area contributed by atoms with E-state index < -0.39 is 35.3 Å². The topological polar surface area (TPSA) is 63.7 Å². The lowest BCUT2D eigenvalue weighted by molar-refractivity contribution is -0.143. The summed E-state index contributed by atoms with van der Waals surface area (Å²) < 4.78 is 83.9. The molecule has 1 fully saturated rings. The summed E-state index contributed by atoms with van der Waals surface area (Å²) in [5.41, 5.74) is -0.480. The number of aromatic amines is 1. The first-order valence-corrected chi connectivity index (χ1v) is 10.1. The lowest BCUT2D eigenvalue weighted by atomic mass is 10.1. The fraction of sp³-hybridized carbons (Fsp3) is 0.455. The lowest BCUT2D eigenvalue weighted by Gasteiger charge is -2.18. The van der Waals surface area contributed by atoms with Crippen molar-refractivity contribution < 1.29 is 35.9 Å². The zero-order chi connectivity index (χ0) is 24.6. The number of aromatic nitrogens is 1. The predicted molar refractivity (Wildman–Crippen MR) is 108 cm³/mol. The molecule has 33 heavy (non-hydrogen) atoms. The van der Waals surface area contributed by atoms with Gasteiger partial charge in [-0.05, 0) is 58.2 Å². The molecule has 1 unspecified atom stereocenters. The highest BCUT2D eigenvalue weighted by Gasteiger charge is 2.38. The molecule has 5 nitrogen and oxygen atoms in total. The molecule has 0 spiro atoms. The quantitative estimate of drug-likeness (QED) is 0.436. The Balaban J connectivity index is 1.80. The van der Waals surface area contributed by atoms with Crippen LogP contribution in [0.1, 0.15) is 52.9 Å². The number of rotatable bonds is 5. The van der Waals surface area contributed by atoms with Crippen molar-refractivity contribution in [3.63, 3.8) is 0 Å². The molecule has 11 heteroatoms. The van der Waals surface area contributed by atoms with E-state index in [1.165, 1.54) is 0 Å². The van der Waals surface area contributed by atoms with E-state index in [1.54, 1.807) is 20.8 Å². The number of halogens is 6. The Morgan fingerprint density at radius 1 is 1.00 bits per heavy atom. The van der Waals surface area contributed by atoms with E-state index >= 15 is 0 Å². The van der Waals surface area contributed by atoms with Crippen LogP contribution >= 0.6 is 0 Å². The Kier molecular flexibility index (Phi) is 6.80. The third-order valence-electron chi connectivity index (χ3n) is 5.51. The van der Waals surface area contributed by atoms with E-state index in [9.17, 15) is 31.1 Å². The van der Waals surface area contributed by atoms with Gasteiger partial charge in [-0.15, -0.1) is 0 Å². The van der Waals surface area contributed by atoms with Gasteiger partial charge >= 0.3 is 12.4 Å². The number of benzene rings is 1. The fourth-order valence-corrected chi connectivity index (χ4v) is 3.56. The van der Waals surface area contributed by atoms with Crippen LogP contribution in [0.5, 0.6) is 5.75 Å². The second-order valence-corrected chi connectivity index (χ2v) is 7.90. The molecule has 1 aliphatic rings. The predicted octanol–water partition coefficient (Wildman–Crippen LogP) is 5.84. The highest BCUT2D eigenvalue weighted by atomic mass is 19.4. The molecule has 1 aliphatic carbocycles. The second-order valence-electron chi connectivity index (χ2n) is 7.90. The van der Waals surface area contributed by atoms with Gasteiger partial charge < -0.3 is 14.6 Å². The van der Waals surface area contributed by atoms with Crippen molar-refractivity contribution in [1.29, 1.82) is 0 Å². The number of hydrogen-bond acceptors (Lipinski definition) is 4. The van der Waals surface area contributed by atoms with Gasteiger partial charge in [-0.1, -0.05) is 5.16 Å². The van der Waals surface area contributed by atoms with E-state index in [-0.39, 0.29) is 18.1 Å². The summed E-state index contributed by atoms with van der Waals surface area (Å²) in [6.45, 7) is 5.02. The molecule has 1 aromatic carbocycles. The summed E-state index contributed by atoms with van der Waals surface area (Å²) in [5.74, 6) is -0.557. The van der Waals surface area contributed by atoms with E-state index in [1.807, 2.05) is 0 Å². The van der Waals surface area contributed by atoms with Crippen LogP contribution in [0.15, 0.2) is 28.1 Å². The molecule has 0 amide bonds. The van der Waals surface area contributed by atoms with Crippen molar-refractivity contribution in [3.05, 3.63) is 62.1 Å². The lowest BCUT2D eigenvalue weighted by Crippen LogP contribution is -2.23. The molecule has 2 aromatic rings. The van der Waals surface area contributed by atoms with Crippen LogP contribution in [0, 0.1) is 20.8 Å². The zero-order valence-corrected chi connectivity index (χ0v) is 18.1. The smallest absolute Gasteiger partial charge is 0.416 e. The molecule has 180 valence electrons. The van der Waals surface area contributed by atoms with Crippen molar-refractivity contribution in [3.8, 4) is 5.75 Å². The van der Waals surface area contributed by atoms with Crippen LogP contribution in [0.3, 0.4) is 0 Å². The fourth-order valence-electron chi connectivity index (χ4n) is 3.56. The average Bonchev–Trinajstić information content (AvgIpc) is 3.14. The summed E-state index contributed by atoms with van der Waals surface area (Å²) in [6, 6.07) is 1.11. The van der Waals surface area contributed by atoms with Crippen LogP contribution in [-0.2, 0) is 23.8 Å². The van der Waals surface area contributed by atoms with Crippen molar-refractivity contribution in [2.24, 2.45) is 5.16 Å². The van der Waals surface area contributed by atoms with Gasteiger partial charge in [-0.2, -0.15) is 26.3 Å². The number of alkyl halides is 6. The van der Waals surface area contributed by atoms with Crippen molar-refractivity contribution >= 4 is 5.71 Å². The summed E-state index contributed by atoms with van der Waals surface area (Å²) in [7, 11) is 0. The van der Waals surface area contributed by atoms with E-state index in [0.29, 0.717) is 53.9 Å². The first-order chi connectivity index (χ1) is 15.3. The number of H-pyrrole nitrogens is 1. The minimum absolute atomic E-state index is 0.0447. The van der Waals surface area contributed by atoms with Gasteiger partial charge in [0.2, 0.25) is 0 Å². The molecule has 1 heterocycles. The third kappa shape index (κ3) is 5.69. The molecule has 0 radical (unpaired) electrons. The Morgan fingerprint density at radius 2 is 1.61 bits per heavy atom. The van der Waals surface area contributed by atoms with E-state index in [0.717, 1.165) is 5.69 Å². The molecular formula is C22H22F6N2O3. The van der Waals surface area contributed by atoms with Crippen LogP contribution in [0.4, 0.5) is 26.3 Å². The van der Waals surface area contributed by atoms with Crippen molar-refractivity contribution in [2.45, 2.75) is 65.1 Å². The summed E-state index contributed by atoms with van der Waals surface area (Å²) in [6.07, 6.45) is -9.45. The maximum atomic E-state index is 13.1. The first kappa shape index (κ1) is 24.7. The number of aryl methyl sites for hydroxylation is 2. The number of hydrogen-bond donors (Lipinski definition) is 1. The largest absolute Gasteiger partial charge is 0.484 e. The number of nitrogens with zero attached hydrogens (tertiary/aromatic N) is 1. The van der Waals surface area contributed by atoms with Crippen molar-refractivity contribution in [2.75, 3.05) is 0 Å². The van der Waals surface area contributed by atoms with Gasteiger partial charge in [0.1, 0.15) is 18.5 Å². The summed E-state index contributed by atoms with van der Waals surface area (Å²) in [4.78, 5) is 20.8. The normalized spacial score (nSPS) is 18.1. The monoisotopic (exact) mass is 476 g/mol. The standard InChI is InChI=1S/C22H22F6N2O3/c1-11-12(2)29-13(3)17(20(11)31)10-32-30-18-5-4-6-19(18)33-16-8-14(21(23,24)25)7-15(9-16)22(26,27)28/h7-9,19H,4-6,10H2,1-3H3,(H,29,31)/b30-18+. The van der Waals surface area contributed by atoms with Crippen LogP contribution in [0.25, 0.3) is 0 Å². The summed E-state index contributed by atoms with van der Waals surface area (Å²) in [5, 5.41) is 3.97. The first-order valence-electron chi connectivity index (χ1n) is 10.1. The zero-order valence-electron chi connectivity index (χ0n) is 18.1. The molecule has 0 saturated heterocycles. The molecule has 1 atom stereocenters. The number of pyridine rings is 1. The van der Waals surface area contributed by atoms with Crippen LogP contribution < -0.4 is 10.2 Å². The van der Waals surface area contributed by atoms with Gasteiger partial charge in [-0.25, -0.2) is 0 Å². The molecule has 0 bridgehead atoms. The molecule has 3 rings (SSSR count). The van der Waals surface area contributed by atoms with Crippen molar-refractivity contribution in [1.82, 2.24) is 4.98 Å². The maximum Gasteiger partial charge on any atom is 0.416 e. The number of ether oxygens (including phenoxy) is 1. The van der Waals surface area contributed by atoms with Gasteiger partial charge in [0, 0.05) is 17.0 Å². The Bertz CT molecular complexity index is 1090. The number of oxime groups is 1.